The third kappa shape index (κ3) is 6.09. The molecule has 0 saturated carbocycles. The molecule has 0 aromatic heterocycles. The van der Waals surface area contributed by atoms with Gasteiger partial charge < -0.3 is 10.6 Å². The van der Waals surface area contributed by atoms with Gasteiger partial charge in [0.1, 0.15) is 0 Å². The zero-order valence-electron chi connectivity index (χ0n) is 12.4. The topological polar surface area (TPSA) is 41.1 Å². The smallest absolute Gasteiger partial charge is 0.315 e. The molecule has 19 heavy (non-hydrogen) atoms. The Morgan fingerprint density at radius 1 is 1.16 bits per heavy atom. The van der Waals surface area contributed by atoms with Crippen LogP contribution in [0.5, 0.6) is 0 Å². The highest BCUT2D eigenvalue weighted by Gasteiger charge is 2.05. The number of allylic oxidation sites excluding steroid dienone is 1. The molecule has 0 saturated heterocycles. The Labute approximate surface area is 116 Å². The van der Waals surface area contributed by atoms with Crippen molar-refractivity contribution >= 4 is 11.7 Å². The largest absolute Gasteiger partial charge is 0.323 e. The van der Waals surface area contributed by atoms with E-state index in [1.807, 2.05) is 30.3 Å². The zero-order chi connectivity index (χ0) is 14.5. The fraction of sp³-hybridized carbons (Fsp3) is 0.438. The second-order valence-electron chi connectivity index (χ2n) is 6.07. The summed E-state index contributed by atoms with van der Waals surface area (Å²) in [7, 11) is 0. The van der Waals surface area contributed by atoms with Crippen molar-refractivity contribution in [2.75, 3.05) is 5.32 Å². The van der Waals surface area contributed by atoms with Gasteiger partial charge in [-0.1, -0.05) is 52.8 Å². The van der Waals surface area contributed by atoms with Crippen molar-refractivity contribution in [3.05, 3.63) is 42.1 Å². The molecule has 2 amide bonds. The first-order valence-electron chi connectivity index (χ1n) is 6.63. The number of carbonyl (C=O) groups excluding carboxylic acids is 1. The van der Waals surface area contributed by atoms with Gasteiger partial charge in [-0.2, -0.15) is 0 Å². The van der Waals surface area contributed by atoms with Crippen LogP contribution in [0.25, 0.3) is 0 Å². The van der Waals surface area contributed by atoms with Crippen LogP contribution in [0, 0.1) is 5.41 Å². The number of hydrogen-bond acceptors (Lipinski definition) is 1. The molecule has 1 rings (SSSR count). The molecule has 0 fully saturated rings. The highest BCUT2D eigenvalue weighted by atomic mass is 16.2. The quantitative estimate of drug-likeness (QED) is 0.826. The predicted octanol–water partition coefficient (Wildman–Crippen LogP) is 4.49. The van der Waals surface area contributed by atoms with Crippen molar-refractivity contribution in [2.45, 2.75) is 40.5 Å². The lowest BCUT2D eigenvalue weighted by Gasteiger charge is -2.11. The highest BCUT2D eigenvalue weighted by molar-refractivity contribution is 5.89. The van der Waals surface area contributed by atoms with Gasteiger partial charge in [0.15, 0.2) is 0 Å². The lowest BCUT2D eigenvalue weighted by Crippen LogP contribution is -2.24. The molecule has 2 N–H and O–H groups in total. The van der Waals surface area contributed by atoms with Gasteiger partial charge in [0.25, 0.3) is 0 Å². The third-order valence-corrected chi connectivity index (χ3v) is 2.63. The summed E-state index contributed by atoms with van der Waals surface area (Å²) in [4.78, 5) is 11.6. The minimum atomic E-state index is -0.224. The van der Waals surface area contributed by atoms with Gasteiger partial charge in [-0.05, 0) is 29.0 Å². The SMILES string of the molecule is CC(C)c1ccc(NC(=O)N/C=C/C(C)(C)C)cc1. The Kier molecular flexibility index (Phi) is 5.16. The van der Waals surface area contributed by atoms with E-state index >= 15 is 0 Å². The summed E-state index contributed by atoms with van der Waals surface area (Å²) in [5.41, 5.74) is 2.12. The van der Waals surface area contributed by atoms with E-state index in [1.54, 1.807) is 6.20 Å². The van der Waals surface area contributed by atoms with Crippen LogP contribution in [0.3, 0.4) is 0 Å². The summed E-state index contributed by atoms with van der Waals surface area (Å²) in [6.45, 7) is 10.5. The van der Waals surface area contributed by atoms with Crippen molar-refractivity contribution in [2.24, 2.45) is 5.41 Å². The number of rotatable bonds is 3. The first kappa shape index (κ1) is 15.3. The van der Waals surface area contributed by atoms with E-state index < -0.39 is 0 Å². The first-order valence-corrected chi connectivity index (χ1v) is 6.63. The van der Waals surface area contributed by atoms with Crippen LogP contribution in [-0.4, -0.2) is 6.03 Å². The van der Waals surface area contributed by atoms with Crippen LogP contribution in [0.4, 0.5) is 10.5 Å². The number of anilines is 1. The Balaban J connectivity index is 2.51. The fourth-order valence-corrected chi connectivity index (χ4v) is 1.49. The summed E-state index contributed by atoms with van der Waals surface area (Å²) in [6.07, 6.45) is 3.63. The standard InChI is InChI=1S/C16H24N2O/c1-12(2)13-6-8-14(9-7-13)18-15(19)17-11-10-16(3,4)5/h6-12H,1-5H3,(H2,17,18,19)/b11-10+. The number of nitrogens with one attached hydrogen (secondary N) is 2. The molecule has 0 aliphatic heterocycles. The summed E-state index contributed by atoms with van der Waals surface area (Å²) in [6, 6.07) is 7.68. The molecule has 0 aliphatic rings. The molecular weight excluding hydrogens is 236 g/mol. The normalized spacial score (nSPS) is 11.9. The number of hydrogen-bond donors (Lipinski definition) is 2. The van der Waals surface area contributed by atoms with E-state index in [9.17, 15) is 4.79 Å². The molecule has 3 nitrogen and oxygen atoms in total. The first-order chi connectivity index (χ1) is 8.78. The molecule has 1 aromatic carbocycles. The van der Waals surface area contributed by atoms with Crippen LogP contribution in [-0.2, 0) is 0 Å². The lowest BCUT2D eigenvalue weighted by atomic mass is 9.97. The molecule has 0 spiro atoms. The van der Waals surface area contributed by atoms with Gasteiger partial charge >= 0.3 is 6.03 Å². The van der Waals surface area contributed by atoms with Gasteiger partial charge in [0.05, 0.1) is 0 Å². The third-order valence-electron chi connectivity index (χ3n) is 2.63. The maximum Gasteiger partial charge on any atom is 0.323 e. The van der Waals surface area contributed by atoms with Crippen LogP contribution in [0.1, 0.15) is 46.1 Å². The van der Waals surface area contributed by atoms with Gasteiger partial charge in [0.2, 0.25) is 0 Å². The molecule has 3 heteroatoms. The monoisotopic (exact) mass is 260 g/mol. The van der Waals surface area contributed by atoms with Gasteiger partial charge in [-0.3, -0.25) is 0 Å². The Morgan fingerprint density at radius 2 is 1.74 bits per heavy atom. The maximum absolute atomic E-state index is 11.6. The molecule has 0 bridgehead atoms. The van der Waals surface area contributed by atoms with Gasteiger partial charge in [-0.15, -0.1) is 0 Å². The fourth-order valence-electron chi connectivity index (χ4n) is 1.49. The summed E-state index contributed by atoms with van der Waals surface area (Å²) < 4.78 is 0. The second kappa shape index (κ2) is 6.41. The molecule has 1 aromatic rings. The van der Waals surface area contributed by atoms with E-state index in [-0.39, 0.29) is 11.4 Å². The lowest BCUT2D eigenvalue weighted by molar-refractivity contribution is 0.255. The number of carbonyl (C=O) groups is 1. The van der Waals surface area contributed by atoms with E-state index in [0.717, 1.165) is 5.69 Å². The number of benzene rings is 1. The molecule has 0 heterocycles. The Morgan fingerprint density at radius 3 is 2.21 bits per heavy atom. The Hall–Kier alpha value is -1.77. The van der Waals surface area contributed by atoms with Crippen LogP contribution in [0.15, 0.2) is 36.5 Å². The van der Waals surface area contributed by atoms with Gasteiger partial charge in [-0.25, -0.2) is 4.79 Å². The molecule has 104 valence electrons. The zero-order valence-corrected chi connectivity index (χ0v) is 12.4. The predicted molar refractivity (Wildman–Crippen MR) is 81.3 cm³/mol. The van der Waals surface area contributed by atoms with E-state index in [4.69, 9.17) is 0 Å². The van der Waals surface area contributed by atoms with Crippen molar-refractivity contribution in [1.82, 2.24) is 5.32 Å². The minimum Gasteiger partial charge on any atom is -0.315 e. The van der Waals surface area contributed by atoms with Crippen molar-refractivity contribution in [3.8, 4) is 0 Å². The number of urea groups is 1. The van der Waals surface area contributed by atoms with Crippen LogP contribution in [0.2, 0.25) is 0 Å². The van der Waals surface area contributed by atoms with Crippen molar-refractivity contribution < 1.29 is 4.79 Å². The van der Waals surface area contributed by atoms with E-state index in [0.29, 0.717) is 5.92 Å². The summed E-state index contributed by atoms with van der Waals surface area (Å²) in [5, 5.41) is 5.49. The second-order valence-corrected chi connectivity index (χ2v) is 6.07. The van der Waals surface area contributed by atoms with E-state index in [2.05, 4.69) is 45.3 Å². The van der Waals surface area contributed by atoms with E-state index in [1.165, 1.54) is 5.56 Å². The minimum absolute atomic E-state index is 0.0617. The Bertz CT molecular complexity index is 439. The molecule has 0 aliphatic carbocycles. The van der Waals surface area contributed by atoms with Crippen LogP contribution >= 0.6 is 0 Å². The molecule has 0 radical (unpaired) electrons. The van der Waals surface area contributed by atoms with Crippen LogP contribution < -0.4 is 10.6 Å². The average Bonchev–Trinajstić information content (AvgIpc) is 2.27. The summed E-state index contributed by atoms with van der Waals surface area (Å²) in [5.74, 6) is 0.498. The maximum atomic E-state index is 11.6. The highest BCUT2D eigenvalue weighted by Crippen LogP contribution is 2.17. The van der Waals surface area contributed by atoms with Gasteiger partial charge in [0, 0.05) is 11.9 Å². The van der Waals surface area contributed by atoms with Crippen molar-refractivity contribution in [3.63, 3.8) is 0 Å². The molecular formula is C16H24N2O. The molecule has 0 unspecified atom stereocenters. The molecule has 0 atom stereocenters. The average molecular weight is 260 g/mol. The summed E-state index contributed by atoms with van der Waals surface area (Å²) >= 11 is 0. The number of amides is 2. The van der Waals surface area contributed by atoms with Crippen molar-refractivity contribution in [1.29, 1.82) is 0 Å².